The van der Waals surface area contributed by atoms with E-state index in [1.54, 1.807) is 0 Å². The third-order valence-corrected chi connectivity index (χ3v) is 6.99. The van der Waals surface area contributed by atoms with Crippen molar-refractivity contribution in [2.24, 2.45) is 5.92 Å². The van der Waals surface area contributed by atoms with Gasteiger partial charge in [-0.1, -0.05) is 42.8 Å². The average Bonchev–Trinajstić information content (AvgIpc) is 3.20. The highest BCUT2D eigenvalue weighted by Gasteiger charge is 2.32. The van der Waals surface area contributed by atoms with Crippen molar-refractivity contribution in [1.82, 2.24) is 14.8 Å². The number of hydrogen-bond donors (Lipinski definition) is 1. The fourth-order valence-electron chi connectivity index (χ4n) is 5.38. The van der Waals surface area contributed by atoms with Gasteiger partial charge >= 0.3 is 0 Å². The summed E-state index contributed by atoms with van der Waals surface area (Å²) in [6.07, 6.45) is 8.56. The van der Waals surface area contributed by atoms with Crippen molar-refractivity contribution in [2.45, 2.75) is 44.7 Å². The molecule has 1 aromatic heterocycles. The first-order valence-electron chi connectivity index (χ1n) is 11.4. The number of carbonyl (C=O) groups excluding carboxylic acids is 1. The largest absolute Gasteiger partial charge is 0.352 e. The molecule has 2 saturated heterocycles. The molecule has 0 saturated carbocycles. The van der Waals surface area contributed by atoms with Crippen LogP contribution in [0, 0.1) is 5.92 Å². The molecule has 4 nitrogen and oxygen atoms in total. The van der Waals surface area contributed by atoms with E-state index >= 15 is 0 Å². The SMILES string of the molecule is O=C(NC[C@H]1CCCN2CCCC[C@H]12)c1ccc2ccn(Cc3ccccc3)c2c1. The molecule has 0 spiro atoms. The number of carbonyl (C=O) groups is 1. The van der Waals surface area contributed by atoms with Crippen molar-refractivity contribution >= 4 is 16.8 Å². The summed E-state index contributed by atoms with van der Waals surface area (Å²) >= 11 is 0. The quantitative estimate of drug-likeness (QED) is 0.674. The average molecular weight is 402 g/mol. The number of hydrogen-bond acceptors (Lipinski definition) is 2. The summed E-state index contributed by atoms with van der Waals surface area (Å²) in [5.41, 5.74) is 3.13. The van der Waals surface area contributed by atoms with E-state index in [1.807, 2.05) is 18.2 Å². The van der Waals surface area contributed by atoms with Crippen molar-refractivity contribution in [1.29, 1.82) is 0 Å². The van der Waals surface area contributed by atoms with Crippen molar-refractivity contribution < 1.29 is 4.79 Å². The molecule has 1 N–H and O–H groups in total. The minimum absolute atomic E-state index is 0.0531. The van der Waals surface area contributed by atoms with Crippen LogP contribution in [0.4, 0.5) is 0 Å². The molecular weight excluding hydrogens is 370 g/mol. The Balaban J connectivity index is 1.28. The van der Waals surface area contributed by atoms with E-state index in [2.05, 4.69) is 57.4 Å². The van der Waals surface area contributed by atoms with Crippen LogP contribution in [0.2, 0.25) is 0 Å². The van der Waals surface area contributed by atoms with Crippen LogP contribution >= 0.6 is 0 Å². The highest BCUT2D eigenvalue weighted by atomic mass is 16.1. The number of benzene rings is 2. The Labute approximate surface area is 178 Å². The summed E-state index contributed by atoms with van der Waals surface area (Å²) in [6, 6.07) is 19.3. The van der Waals surface area contributed by atoms with Crippen molar-refractivity contribution in [3.05, 3.63) is 71.9 Å². The van der Waals surface area contributed by atoms with Crippen LogP contribution in [-0.2, 0) is 6.54 Å². The Morgan fingerprint density at radius 3 is 2.73 bits per heavy atom. The van der Waals surface area contributed by atoms with Crippen LogP contribution in [0.3, 0.4) is 0 Å². The van der Waals surface area contributed by atoms with Gasteiger partial charge in [-0.3, -0.25) is 4.79 Å². The van der Waals surface area contributed by atoms with Crippen LogP contribution in [0.25, 0.3) is 10.9 Å². The van der Waals surface area contributed by atoms with Gasteiger partial charge in [-0.05, 0) is 73.8 Å². The second kappa shape index (κ2) is 8.65. The smallest absolute Gasteiger partial charge is 0.251 e. The summed E-state index contributed by atoms with van der Waals surface area (Å²) in [6.45, 7) is 4.09. The Kier molecular flexibility index (Phi) is 5.58. The van der Waals surface area contributed by atoms with Crippen LogP contribution < -0.4 is 5.32 Å². The minimum atomic E-state index is 0.0531. The lowest BCUT2D eigenvalue weighted by molar-refractivity contribution is 0.0575. The standard InChI is InChI=1S/C26H31N3O/c30-26(27-18-23-9-6-15-28-14-5-4-10-24(23)28)22-12-11-21-13-16-29(25(21)17-22)19-20-7-2-1-3-8-20/h1-3,7-8,11-13,16-17,23-24H,4-6,9-10,14-15,18-19H2,(H,27,30)/t23-,24-/m1/s1. The maximum atomic E-state index is 12.9. The summed E-state index contributed by atoms with van der Waals surface area (Å²) in [4.78, 5) is 15.6. The maximum Gasteiger partial charge on any atom is 0.251 e. The Hall–Kier alpha value is -2.59. The highest BCUT2D eigenvalue weighted by Crippen LogP contribution is 2.30. The second-order valence-corrected chi connectivity index (χ2v) is 8.91. The molecule has 2 aromatic carbocycles. The summed E-state index contributed by atoms with van der Waals surface area (Å²) in [7, 11) is 0. The van der Waals surface area contributed by atoms with E-state index in [9.17, 15) is 4.79 Å². The van der Waals surface area contributed by atoms with Gasteiger partial charge in [-0.15, -0.1) is 0 Å². The lowest BCUT2D eigenvalue weighted by Crippen LogP contribution is -2.51. The molecule has 156 valence electrons. The summed E-state index contributed by atoms with van der Waals surface area (Å²) < 4.78 is 2.22. The predicted molar refractivity (Wildman–Crippen MR) is 122 cm³/mol. The van der Waals surface area contributed by atoms with Gasteiger partial charge in [0, 0.05) is 36.4 Å². The number of rotatable bonds is 5. The molecule has 0 bridgehead atoms. The van der Waals surface area contributed by atoms with Gasteiger partial charge in [0.05, 0.1) is 0 Å². The van der Waals surface area contributed by atoms with Gasteiger partial charge < -0.3 is 14.8 Å². The number of piperidine rings is 2. The molecule has 2 atom stereocenters. The van der Waals surface area contributed by atoms with E-state index in [1.165, 1.54) is 56.1 Å². The van der Waals surface area contributed by atoms with Gasteiger partial charge in [0.2, 0.25) is 0 Å². The van der Waals surface area contributed by atoms with Gasteiger partial charge in [0.1, 0.15) is 0 Å². The number of amides is 1. The zero-order chi connectivity index (χ0) is 20.3. The van der Waals surface area contributed by atoms with E-state index in [0.29, 0.717) is 12.0 Å². The molecular formula is C26H31N3O. The Morgan fingerprint density at radius 2 is 1.83 bits per heavy atom. The maximum absolute atomic E-state index is 12.9. The van der Waals surface area contributed by atoms with E-state index in [-0.39, 0.29) is 5.91 Å². The molecule has 30 heavy (non-hydrogen) atoms. The molecule has 4 heteroatoms. The third-order valence-electron chi connectivity index (χ3n) is 6.99. The van der Waals surface area contributed by atoms with Gasteiger partial charge in [-0.25, -0.2) is 0 Å². The van der Waals surface area contributed by atoms with Crippen molar-refractivity contribution in [3.8, 4) is 0 Å². The van der Waals surface area contributed by atoms with E-state index in [0.717, 1.165) is 24.2 Å². The zero-order valence-electron chi connectivity index (χ0n) is 17.6. The van der Waals surface area contributed by atoms with Gasteiger partial charge in [0.25, 0.3) is 5.91 Å². The Bertz CT molecular complexity index is 1010. The topological polar surface area (TPSA) is 37.3 Å². The monoisotopic (exact) mass is 401 g/mol. The second-order valence-electron chi connectivity index (χ2n) is 8.91. The third kappa shape index (κ3) is 4.01. The number of nitrogens with one attached hydrogen (secondary N) is 1. The van der Waals surface area contributed by atoms with E-state index in [4.69, 9.17) is 0 Å². The first-order valence-corrected chi connectivity index (χ1v) is 11.4. The van der Waals surface area contributed by atoms with Crippen LogP contribution in [0.1, 0.15) is 48.0 Å². The van der Waals surface area contributed by atoms with E-state index < -0.39 is 0 Å². The van der Waals surface area contributed by atoms with Crippen molar-refractivity contribution in [2.75, 3.05) is 19.6 Å². The van der Waals surface area contributed by atoms with Crippen LogP contribution in [0.15, 0.2) is 60.8 Å². The molecule has 3 heterocycles. The molecule has 0 aliphatic carbocycles. The van der Waals surface area contributed by atoms with Crippen molar-refractivity contribution in [3.63, 3.8) is 0 Å². The zero-order valence-corrected chi connectivity index (χ0v) is 17.6. The molecule has 3 aromatic rings. The number of fused-ring (bicyclic) bond motifs is 2. The normalized spacial score (nSPS) is 22.0. The lowest BCUT2D eigenvalue weighted by Gasteiger charge is -2.44. The molecule has 2 fully saturated rings. The number of aromatic nitrogens is 1. The molecule has 2 aliphatic rings. The molecule has 0 radical (unpaired) electrons. The minimum Gasteiger partial charge on any atom is -0.352 e. The molecule has 0 unspecified atom stereocenters. The first kappa shape index (κ1) is 19.4. The lowest BCUT2D eigenvalue weighted by atomic mass is 9.83. The summed E-state index contributed by atoms with van der Waals surface area (Å²) in [5, 5.41) is 4.43. The van der Waals surface area contributed by atoms with Gasteiger partial charge in [-0.2, -0.15) is 0 Å². The summed E-state index contributed by atoms with van der Waals surface area (Å²) in [5.74, 6) is 0.644. The predicted octanol–water partition coefficient (Wildman–Crippen LogP) is 4.68. The van der Waals surface area contributed by atoms with Crippen LogP contribution in [0.5, 0.6) is 0 Å². The highest BCUT2D eigenvalue weighted by molar-refractivity contribution is 5.98. The fraction of sp³-hybridized carbons (Fsp3) is 0.423. The Morgan fingerprint density at radius 1 is 0.967 bits per heavy atom. The molecule has 5 rings (SSSR count). The molecule has 2 aliphatic heterocycles. The fourth-order valence-corrected chi connectivity index (χ4v) is 5.38. The van der Waals surface area contributed by atoms with Gasteiger partial charge in [0.15, 0.2) is 0 Å². The molecule has 1 amide bonds. The first-order chi connectivity index (χ1) is 14.8. The van der Waals surface area contributed by atoms with Crippen LogP contribution in [-0.4, -0.2) is 41.1 Å². The number of nitrogens with zero attached hydrogens (tertiary/aromatic N) is 2.